The van der Waals surface area contributed by atoms with E-state index >= 15 is 0 Å². The standard InChI is InChI=1S/C13H21BrN2OS/c1-16(6-7-18-3)12(9-15)11-8-10(14)4-5-13(11)17-2/h4-5,8,12H,6-7,9,15H2,1-3H3. The van der Waals surface area contributed by atoms with Crippen LogP contribution in [0.3, 0.4) is 0 Å². The zero-order chi connectivity index (χ0) is 13.5. The molecule has 0 aliphatic heterocycles. The number of likely N-dealkylation sites (N-methyl/N-ethyl adjacent to an activating group) is 1. The van der Waals surface area contributed by atoms with Crippen LogP contribution in [0.1, 0.15) is 11.6 Å². The molecule has 1 unspecified atom stereocenters. The lowest BCUT2D eigenvalue weighted by molar-refractivity contribution is 0.258. The average molecular weight is 333 g/mol. The number of halogens is 1. The maximum absolute atomic E-state index is 5.93. The average Bonchev–Trinajstić information content (AvgIpc) is 2.37. The number of hydrogen-bond acceptors (Lipinski definition) is 4. The SMILES string of the molecule is COc1ccc(Br)cc1C(CN)N(C)CCSC. The molecule has 0 amide bonds. The minimum Gasteiger partial charge on any atom is -0.496 e. The summed E-state index contributed by atoms with van der Waals surface area (Å²) in [6.07, 6.45) is 2.12. The lowest BCUT2D eigenvalue weighted by Crippen LogP contribution is -2.32. The van der Waals surface area contributed by atoms with Gasteiger partial charge in [0.2, 0.25) is 0 Å². The van der Waals surface area contributed by atoms with Gasteiger partial charge in [-0.05, 0) is 31.5 Å². The van der Waals surface area contributed by atoms with Crippen LogP contribution in [0.4, 0.5) is 0 Å². The van der Waals surface area contributed by atoms with Gasteiger partial charge in [-0.1, -0.05) is 15.9 Å². The molecule has 0 spiro atoms. The van der Waals surface area contributed by atoms with Crippen molar-refractivity contribution in [3.8, 4) is 5.75 Å². The first-order valence-electron chi connectivity index (χ1n) is 5.86. The largest absolute Gasteiger partial charge is 0.496 e. The zero-order valence-electron chi connectivity index (χ0n) is 11.1. The molecule has 0 saturated heterocycles. The van der Waals surface area contributed by atoms with E-state index in [1.54, 1.807) is 7.11 Å². The van der Waals surface area contributed by atoms with Crippen molar-refractivity contribution in [2.24, 2.45) is 5.73 Å². The summed E-state index contributed by atoms with van der Waals surface area (Å²) in [5.41, 5.74) is 7.07. The van der Waals surface area contributed by atoms with Gasteiger partial charge in [-0.2, -0.15) is 11.8 Å². The number of methoxy groups -OCH3 is 1. The smallest absolute Gasteiger partial charge is 0.123 e. The Labute approximate surface area is 122 Å². The first-order valence-corrected chi connectivity index (χ1v) is 8.05. The minimum absolute atomic E-state index is 0.185. The van der Waals surface area contributed by atoms with Gasteiger partial charge in [0.1, 0.15) is 5.75 Å². The van der Waals surface area contributed by atoms with E-state index < -0.39 is 0 Å². The summed E-state index contributed by atoms with van der Waals surface area (Å²) in [6, 6.07) is 6.23. The third-order valence-electron chi connectivity index (χ3n) is 2.95. The predicted molar refractivity (Wildman–Crippen MR) is 83.5 cm³/mol. The van der Waals surface area contributed by atoms with Gasteiger partial charge in [-0.3, -0.25) is 4.90 Å². The van der Waals surface area contributed by atoms with E-state index in [2.05, 4.69) is 40.2 Å². The Bertz CT molecular complexity index is 376. The number of benzene rings is 1. The quantitative estimate of drug-likeness (QED) is 0.833. The molecule has 0 aliphatic rings. The van der Waals surface area contributed by atoms with Gasteiger partial charge in [0.25, 0.3) is 0 Å². The van der Waals surface area contributed by atoms with Crippen LogP contribution in [0.15, 0.2) is 22.7 Å². The Hall–Kier alpha value is -0.230. The number of nitrogens with zero attached hydrogens (tertiary/aromatic N) is 1. The Morgan fingerprint density at radius 1 is 1.50 bits per heavy atom. The second-order valence-corrected chi connectivity index (χ2v) is 6.01. The zero-order valence-corrected chi connectivity index (χ0v) is 13.6. The molecule has 5 heteroatoms. The highest BCUT2D eigenvalue weighted by Crippen LogP contribution is 2.30. The molecular formula is C13H21BrN2OS. The van der Waals surface area contributed by atoms with Crippen LogP contribution < -0.4 is 10.5 Å². The summed E-state index contributed by atoms with van der Waals surface area (Å²) in [4.78, 5) is 2.28. The van der Waals surface area contributed by atoms with E-state index in [1.807, 2.05) is 23.9 Å². The molecule has 3 nitrogen and oxygen atoms in total. The van der Waals surface area contributed by atoms with E-state index in [1.165, 1.54) is 0 Å². The highest BCUT2D eigenvalue weighted by molar-refractivity contribution is 9.10. The maximum Gasteiger partial charge on any atom is 0.123 e. The van der Waals surface area contributed by atoms with E-state index in [9.17, 15) is 0 Å². The molecular weight excluding hydrogens is 312 g/mol. The van der Waals surface area contributed by atoms with Crippen LogP contribution in [0.2, 0.25) is 0 Å². The molecule has 2 N–H and O–H groups in total. The summed E-state index contributed by atoms with van der Waals surface area (Å²) >= 11 is 5.35. The number of hydrogen-bond donors (Lipinski definition) is 1. The van der Waals surface area contributed by atoms with Crippen molar-refractivity contribution in [1.29, 1.82) is 0 Å². The number of rotatable bonds is 7. The molecule has 1 aromatic carbocycles. The van der Waals surface area contributed by atoms with Gasteiger partial charge < -0.3 is 10.5 Å². The molecule has 0 aromatic heterocycles. The van der Waals surface area contributed by atoms with Crippen molar-refractivity contribution < 1.29 is 4.74 Å². The Morgan fingerprint density at radius 3 is 2.78 bits per heavy atom. The third kappa shape index (κ3) is 4.16. The van der Waals surface area contributed by atoms with E-state index in [4.69, 9.17) is 10.5 Å². The molecule has 18 heavy (non-hydrogen) atoms. The van der Waals surface area contributed by atoms with Gasteiger partial charge in [0.05, 0.1) is 13.2 Å². The second kappa shape index (κ2) is 8.04. The lowest BCUT2D eigenvalue weighted by Gasteiger charge is -2.28. The molecule has 1 atom stereocenters. The maximum atomic E-state index is 5.93. The Morgan fingerprint density at radius 2 is 2.22 bits per heavy atom. The summed E-state index contributed by atoms with van der Waals surface area (Å²) < 4.78 is 6.48. The van der Waals surface area contributed by atoms with Crippen LogP contribution >= 0.6 is 27.7 Å². The fourth-order valence-electron chi connectivity index (χ4n) is 1.90. The van der Waals surface area contributed by atoms with E-state index in [-0.39, 0.29) is 6.04 Å². The first kappa shape index (κ1) is 15.8. The van der Waals surface area contributed by atoms with Crippen LogP contribution in [-0.2, 0) is 0 Å². The summed E-state index contributed by atoms with van der Waals surface area (Å²) in [6.45, 7) is 1.59. The van der Waals surface area contributed by atoms with E-state index in [0.29, 0.717) is 6.54 Å². The molecule has 0 bridgehead atoms. The molecule has 1 rings (SSSR count). The van der Waals surface area contributed by atoms with Gasteiger partial charge in [0, 0.05) is 28.9 Å². The Balaban J connectivity index is 2.96. The van der Waals surface area contributed by atoms with Gasteiger partial charge >= 0.3 is 0 Å². The lowest BCUT2D eigenvalue weighted by atomic mass is 10.0. The van der Waals surface area contributed by atoms with Crippen molar-refractivity contribution in [2.75, 3.05) is 39.3 Å². The molecule has 0 saturated carbocycles. The highest BCUT2D eigenvalue weighted by atomic mass is 79.9. The van der Waals surface area contributed by atoms with Crippen molar-refractivity contribution >= 4 is 27.7 Å². The monoisotopic (exact) mass is 332 g/mol. The fraction of sp³-hybridized carbons (Fsp3) is 0.538. The molecule has 102 valence electrons. The van der Waals surface area contributed by atoms with Gasteiger partial charge in [0.15, 0.2) is 0 Å². The number of ether oxygens (including phenoxy) is 1. The van der Waals surface area contributed by atoms with Crippen LogP contribution in [0.25, 0.3) is 0 Å². The van der Waals surface area contributed by atoms with Crippen LogP contribution in [-0.4, -0.2) is 44.2 Å². The third-order valence-corrected chi connectivity index (χ3v) is 4.04. The van der Waals surface area contributed by atoms with Crippen molar-refractivity contribution in [2.45, 2.75) is 6.04 Å². The summed E-state index contributed by atoms with van der Waals surface area (Å²) in [7, 11) is 3.80. The van der Waals surface area contributed by atoms with Crippen LogP contribution in [0.5, 0.6) is 5.75 Å². The first-order chi connectivity index (χ1) is 8.63. The topological polar surface area (TPSA) is 38.5 Å². The van der Waals surface area contributed by atoms with E-state index in [0.717, 1.165) is 28.1 Å². The van der Waals surface area contributed by atoms with Gasteiger partial charge in [-0.15, -0.1) is 0 Å². The number of thioether (sulfide) groups is 1. The minimum atomic E-state index is 0.185. The molecule has 0 heterocycles. The normalized spacial score (nSPS) is 12.8. The predicted octanol–water partition coefficient (Wildman–Crippen LogP) is 2.75. The molecule has 1 aromatic rings. The second-order valence-electron chi connectivity index (χ2n) is 4.11. The summed E-state index contributed by atoms with van der Waals surface area (Å²) in [5.74, 6) is 1.99. The van der Waals surface area contributed by atoms with Crippen molar-refractivity contribution in [1.82, 2.24) is 4.90 Å². The van der Waals surface area contributed by atoms with Crippen molar-refractivity contribution in [3.63, 3.8) is 0 Å². The molecule has 0 aliphatic carbocycles. The molecule has 0 radical (unpaired) electrons. The van der Waals surface area contributed by atoms with Crippen molar-refractivity contribution in [3.05, 3.63) is 28.2 Å². The number of nitrogens with two attached hydrogens (primary N) is 1. The molecule has 0 fully saturated rings. The highest BCUT2D eigenvalue weighted by Gasteiger charge is 2.19. The van der Waals surface area contributed by atoms with Crippen LogP contribution in [0, 0.1) is 0 Å². The Kier molecular flexibility index (Phi) is 7.07. The van der Waals surface area contributed by atoms with Gasteiger partial charge in [-0.25, -0.2) is 0 Å². The fourth-order valence-corrected chi connectivity index (χ4v) is 2.75. The summed E-state index contributed by atoms with van der Waals surface area (Å²) in [5, 5.41) is 0.